The molecule has 0 radical (unpaired) electrons. The average Bonchev–Trinajstić information content (AvgIpc) is 2.65. The second kappa shape index (κ2) is 9.62. The molecule has 0 saturated carbocycles. The van der Waals surface area contributed by atoms with E-state index < -0.39 is 0 Å². The number of anilines is 2. The van der Waals surface area contributed by atoms with Gasteiger partial charge in [0.1, 0.15) is 5.75 Å². The Balaban J connectivity index is 1.88. The third kappa shape index (κ3) is 6.33. The Morgan fingerprint density at radius 3 is 2.15 bits per heavy atom. The number of nitrogens with zero attached hydrogens (tertiary/aromatic N) is 2. The third-order valence-corrected chi connectivity index (χ3v) is 4.25. The van der Waals surface area contributed by atoms with Crippen molar-refractivity contribution in [2.45, 2.75) is 19.9 Å². The van der Waals surface area contributed by atoms with E-state index >= 15 is 0 Å². The number of hydrogen-bond acceptors (Lipinski definition) is 4. The maximum Gasteiger partial charge on any atom is 0.226 e. The highest BCUT2D eigenvalue weighted by atomic mass is 16.5. The normalized spacial score (nSPS) is 10.2. The molecule has 2 amide bonds. The van der Waals surface area contributed by atoms with Crippen molar-refractivity contribution in [3.8, 4) is 5.75 Å². The van der Waals surface area contributed by atoms with E-state index in [1.54, 1.807) is 12.0 Å². The van der Waals surface area contributed by atoms with Gasteiger partial charge >= 0.3 is 0 Å². The summed E-state index contributed by atoms with van der Waals surface area (Å²) >= 11 is 0. The molecular formula is C21H27N3O3. The van der Waals surface area contributed by atoms with E-state index in [4.69, 9.17) is 4.74 Å². The molecule has 27 heavy (non-hydrogen) atoms. The molecule has 144 valence electrons. The first-order valence-electron chi connectivity index (χ1n) is 8.84. The van der Waals surface area contributed by atoms with Crippen LogP contribution in [-0.2, 0) is 16.1 Å². The molecule has 0 bridgehead atoms. The van der Waals surface area contributed by atoms with Crippen LogP contribution >= 0.6 is 0 Å². The van der Waals surface area contributed by atoms with E-state index in [0.29, 0.717) is 13.1 Å². The molecular weight excluding hydrogens is 342 g/mol. The molecule has 2 aromatic carbocycles. The first kappa shape index (κ1) is 20.3. The zero-order valence-corrected chi connectivity index (χ0v) is 16.4. The molecule has 0 unspecified atom stereocenters. The van der Waals surface area contributed by atoms with Crippen LogP contribution < -0.4 is 15.0 Å². The summed E-state index contributed by atoms with van der Waals surface area (Å²) in [7, 11) is 5.54. The number of benzene rings is 2. The molecule has 0 aromatic heterocycles. The molecule has 2 aromatic rings. The van der Waals surface area contributed by atoms with E-state index in [1.165, 1.54) is 6.92 Å². The summed E-state index contributed by atoms with van der Waals surface area (Å²) in [4.78, 5) is 27.8. The van der Waals surface area contributed by atoms with Crippen molar-refractivity contribution in [2.24, 2.45) is 0 Å². The van der Waals surface area contributed by atoms with Gasteiger partial charge in [-0.3, -0.25) is 9.59 Å². The highest BCUT2D eigenvalue weighted by molar-refractivity contribution is 5.91. The predicted octanol–water partition coefficient (Wildman–Crippen LogP) is 3.14. The lowest BCUT2D eigenvalue weighted by Gasteiger charge is -2.21. The molecule has 0 atom stereocenters. The van der Waals surface area contributed by atoms with Crippen molar-refractivity contribution in [2.75, 3.05) is 38.0 Å². The van der Waals surface area contributed by atoms with Gasteiger partial charge in [-0.25, -0.2) is 0 Å². The Morgan fingerprint density at radius 2 is 1.63 bits per heavy atom. The molecule has 0 aliphatic heterocycles. The predicted molar refractivity (Wildman–Crippen MR) is 108 cm³/mol. The summed E-state index contributed by atoms with van der Waals surface area (Å²) in [6.45, 7) is 2.34. The second-order valence-electron chi connectivity index (χ2n) is 6.53. The number of hydrogen-bond donors (Lipinski definition) is 1. The molecule has 0 aliphatic rings. The van der Waals surface area contributed by atoms with Crippen LogP contribution in [0, 0.1) is 0 Å². The van der Waals surface area contributed by atoms with Gasteiger partial charge in [0.15, 0.2) is 0 Å². The maximum atomic E-state index is 12.2. The SMILES string of the molecule is COc1ccc(CN(CCC(=O)Nc2ccc(N(C)C)cc2)C(C)=O)cc1. The van der Waals surface area contributed by atoms with Crippen LogP contribution in [0.15, 0.2) is 48.5 Å². The number of ether oxygens (including phenoxy) is 1. The van der Waals surface area contributed by atoms with Crippen LogP contribution in [0.1, 0.15) is 18.9 Å². The highest BCUT2D eigenvalue weighted by Crippen LogP contribution is 2.16. The Morgan fingerprint density at radius 1 is 1.00 bits per heavy atom. The Labute approximate surface area is 160 Å². The molecule has 0 aliphatic carbocycles. The van der Waals surface area contributed by atoms with Crippen molar-refractivity contribution in [1.29, 1.82) is 0 Å². The summed E-state index contributed by atoms with van der Waals surface area (Å²) < 4.78 is 5.14. The van der Waals surface area contributed by atoms with Crippen LogP contribution in [0.5, 0.6) is 5.75 Å². The van der Waals surface area contributed by atoms with Crippen LogP contribution in [0.2, 0.25) is 0 Å². The van der Waals surface area contributed by atoms with Gasteiger partial charge in [-0.05, 0) is 42.0 Å². The number of carbonyl (C=O) groups is 2. The van der Waals surface area contributed by atoms with Gasteiger partial charge in [0.05, 0.1) is 7.11 Å². The fraction of sp³-hybridized carbons (Fsp3) is 0.333. The number of methoxy groups -OCH3 is 1. The van der Waals surface area contributed by atoms with Crippen molar-refractivity contribution in [3.05, 3.63) is 54.1 Å². The first-order chi connectivity index (χ1) is 12.9. The fourth-order valence-electron chi connectivity index (χ4n) is 2.60. The van der Waals surface area contributed by atoms with E-state index in [9.17, 15) is 9.59 Å². The van der Waals surface area contributed by atoms with Gasteiger partial charge in [0.2, 0.25) is 11.8 Å². The molecule has 6 nitrogen and oxygen atoms in total. The van der Waals surface area contributed by atoms with Crippen molar-refractivity contribution >= 4 is 23.2 Å². The van der Waals surface area contributed by atoms with Gasteiger partial charge < -0.3 is 19.9 Å². The maximum absolute atomic E-state index is 12.2. The third-order valence-electron chi connectivity index (χ3n) is 4.25. The number of rotatable bonds is 8. The quantitative estimate of drug-likeness (QED) is 0.777. The van der Waals surface area contributed by atoms with Gasteiger partial charge in [-0.15, -0.1) is 0 Å². The van der Waals surface area contributed by atoms with E-state index in [-0.39, 0.29) is 18.2 Å². The molecule has 0 fully saturated rings. The summed E-state index contributed by atoms with van der Waals surface area (Å²) in [5.74, 6) is 0.593. The standard InChI is InChI=1S/C21H27N3O3/c1-16(25)24(15-17-5-11-20(27-4)12-6-17)14-13-21(26)22-18-7-9-19(10-8-18)23(2)3/h5-12H,13-15H2,1-4H3,(H,22,26). The Hall–Kier alpha value is -3.02. The van der Waals surface area contributed by atoms with Gasteiger partial charge in [-0.1, -0.05) is 12.1 Å². The number of carbonyl (C=O) groups excluding carboxylic acids is 2. The Bertz CT molecular complexity index is 755. The molecule has 0 heterocycles. The lowest BCUT2D eigenvalue weighted by Crippen LogP contribution is -2.31. The van der Waals surface area contributed by atoms with Crippen LogP contribution in [0.4, 0.5) is 11.4 Å². The van der Waals surface area contributed by atoms with Gasteiger partial charge in [0, 0.05) is 51.9 Å². The summed E-state index contributed by atoms with van der Waals surface area (Å²) in [6.07, 6.45) is 0.241. The van der Waals surface area contributed by atoms with Gasteiger partial charge in [-0.2, -0.15) is 0 Å². The number of amides is 2. The zero-order chi connectivity index (χ0) is 19.8. The number of nitrogens with one attached hydrogen (secondary N) is 1. The molecule has 0 spiro atoms. The van der Waals surface area contributed by atoms with E-state index in [2.05, 4.69) is 5.32 Å². The minimum Gasteiger partial charge on any atom is -0.497 e. The minimum atomic E-state index is -0.117. The average molecular weight is 369 g/mol. The largest absolute Gasteiger partial charge is 0.497 e. The Kier molecular flexibility index (Phi) is 7.23. The van der Waals surface area contributed by atoms with Crippen LogP contribution in [0.25, 0.3) is 0 Å². The minimum absolute atomic E-state index is 0.0612. The molecule has 2 rings (SSSR count). The summed E-state index contributed by atoms with van der Waals surface area (Å²) in [5.41, 5.74) is 2.80. The summed E-state index contributed by atoms with van der Waals surface area (Å²) in [5, 5.41) is 2.87. The smallest absolute Gasteiger partial charge is 0.226 e. The molecule has 6 heteroatoms. The van der Waals surface area contributed by atoms with Gasteiger partial charge in [0.25, 0.3) is 0 Å². The fourth-order valence-corrected chi connectivity index (χ4v) is 2.60. The zero-order valence-electron chi connectivity index (χ0n) is 16.4. The topological polar surface area (TPSA) is 61.9 Å². The first-order valence-corrected chi connectivity index (χ1v) is 8.84. The van der Waals surface area contributed by atoms with Crippen molar-refractivity contribution < 1.29 is 14.3 Å². The van der Waals surface area contributed by atoms with Crippen LogP contribution in [-0.4, -0.2) is 44.5 Å². The summed E-state index contributed by atoms with van der Waals surface area (Å²) in [6, 6.07) is 15.2. The second-order valence-corrected chi connectivity index (χ2v) is 6.53. The highest BCUT2D eigenvalue weighted by Gasteiger charge is 2.12. The molecule has 1 N–H and O–H groups in total. The lowest BCUT2D eigenvalue weighted by molar-refractivity contribution is -0.129. The molecule has 0 saturated heterocycles. The van der Waals surface area contributed by atoms with Crippen molar-refractivity contribution in [1.82, 2.24) is 4.90 Å². The van der Waals surface area contributed by atoms with E-state index in [0.717, 1.165) is 22.7 Å². The van der Waals surface area contributed by atoms with E-state index in [1.807, 2.05) is 67.5 Å². The monoisotopic (exact) mass is 369 g/mol. The lowest BCUT2D eigenvalue weighted by atomic mass is 10.2. The van der Waals surface area contributed by atoms with Crippen LogP contribution in [0.3, 0.4) is 0 Å². The van der Waals surface area contributed by atoms with Crippen molar-refractivity contribution in [3.63, 3.8) is 0 Å².